The monoisotopic (exact) mass is 607 g/mol. The van der Waals surface area contributed by atoms with Gasteiger partial charge in [-0.2, -0.15) is 0 Å². The van der Waals surface area contributed by atoms with E-state index in [0.717, 1.165) is 31.9 Å². The molecule has 0 spiro atoms. The third-order valence-corrected chi connectivity index (χ3v) is 6.15. The second-order valence-corrected chi connectivity index (χ2v) is 9.58. The van der Waals surface area contributed by atoms with Crippen molar-refractivity contribution in [3.63, 3.8) is 0 Å². The molecule has 7 nitrogen and oxygen atoms in total. The lowest BCUT2D eigenvalue weighted by Crippen LogP contribution is -2.67. The van der Waals surface area contributed by atoms with Gasteiger partial charge in [0, 0.05) is 23.1 Å². The Morgan fingerprint density at radius 1 is 1.11 bits per heavy atom. The van der Waals surface area contributed by atoms with Gasteiger partial charge in [0.05, 0.1) is 30.0 Å². The molecule has 0 aromatic heterocycles. The molecule has 35 heavy (non-hydrogen) atoms. The molecule has 0 saturated carbocycles. The summed E-state index contributed by atoms with van der Waals surface area (Å²) in [6.07, 6.45) is 1.85. The number of benzene rings is 2. The van der Waals surface area contributed by atoms with Gasteiger partial charge >= 0.3 is 0 Å². The summed E-state index contributed by atoms with van der Waals surface area (Å²) in [6.45, 7) is 5.65. The Balaban J connectivity index is 0.00000100. The van der Waals surface area contributed by atoms with Gasteiger partial charge in [-0.25, -0.2) is 13.2 Å². The van der Waals surface area contributed by atoms with Crippen LogP contribution in [-0.4, -0.2) is 58.3 Å². The average Bonchev–Trinajstić information content (AvgIpc) is 2.76. The maximum Gasteiger partial charge on any atom is 0.300 e. The van der Waals surface area contributed by atoms with Crippen LogP contribution in [0.15, 0.2) is 30.3 Å². The summed E-state index contributed by atoms with van der Waals surface area (Å²) < 4.78 is 43.3. The van der Waals surface area contributed by atoms with Gasteiger partial charge in [-0.05, 0) is 65.8 Å². The zero-order valence-corrected chi connectivity index (χ0v) is 21.8. The molecule has 0 atom stereocenters. The summed E-state index contributed by atoms with van der Waals surface area (Å²) in [4.78, 5) is 23.3. The van der Waals surface area contributed by atoms with Crippen molar-refractivity contribution in [2.45, 2.75) is 45.3 Å². The lowest BCUT2D eigenvalue weighted by atomic mass is 9.92. The Morgan fingerprint density at radius 3 is 2.26 bits per heavy atom. The van der Waals surface area contributed by atoms with E-state index in [1.54, 1.807) is 6.07 Å². The second-order valence-electron chi connectivity index (χ2n) is 8.33. The van der Waals surface area contributed by atoms with Crippen LogP contribution >= 0.6 is 22.6 Å². The first-order valence-electron chi connectivity index (χ1n) is 11.0. The van der Waals surface area contributed by atoms with Crippen LogP contribution in [0.1, 0.15) is 44.0 Å². The van der Waals surface area contributed by atoms with Crippen molar-refractivity contribution in [3.8, 4) is 0 Å². The van der Waals surface area contributed by atoms with Crippen molar-refractivity contribution in [1.82, 2.24) is 10.2 Å². The highest BCUT2D eigenvalue weighted by molar-refractivity contribution is 14.1. The third kappa shape index (κ3) is 7.80. The van der Waals surface area contributed by atoms with E-state index in [9.17, 15) is 23.1 Å². The summed E-state index contributed by atoms with van der Waals surface area (Å²) in [6, 6.07) is 6.53. The van der Waals surface area contributed by atoms with E-state index in [1.165, 1.54) is 17.0 Å². The zero-order chi connectivity index (χ0) is 26.3. The highest BCUT2D eigenvalue weighted by atomic mass is 127. The molecule has 0 radical (unpaired) electrons. The molecule has 0 aliphatic carbocycles. The summed E-state index contributed by atoms with van der Waals surface area (Å²) >= 11 is 1.93. The topological polar surface area (TPSA) is 102 Å². The van der Waals surface area contributed by atoms with Gasteiger partial charge in [-0.1, -0.05) is 13.8 Å². The number of carboxylic acids is 1. The fourth-order valence-corrected chi connectivity index (χ4v) is 4.03. The van der Waals surface area contributed by atoms with Crippen molar-refractivity contribution in [2.24, 2.45) is 0 Å². The molecule has 3 rings (SSSR count). The quantitative estimate of drug-likeness (QED) is 0.330. The second kappa shape index (κ2) is 12.5. The summed E-state index contributed by atoms with van der Waals surface area (Å²) in [5.41, 5.74) is -1.72. The van der Waals surface area contributed by atoms with Crippen LogP contribution in [0.2, 0.25) is 0 Å². The highest BCUT2D eigenvalue weighted by Gasteiger charge is 2.44. The third-order valence-electron chi connectivity index (χ3n) is 5.48. The maximum absolute atomic E-state index is 14.6. The van der Waals surface area contributed by atoms with E-state index in [-0.39, 0.29) is 30.4 Å². The van der Waals surface area contributed by atoms with Crippen molar-refractivity contribution < 1.29 is 33.0 Å². The van der Waals surface area contributed by atoms with E-state index in [4.69, 9.17) is 9.90 Å². The predicted octanol–water partition coefficient (Wildman–Crippen LogP) is 4.51. The minimum Gasteiger partial charge on any atom is -0.481 e. The number of nitrogens with zero attached hydrogens (tertiary/aromatic N) is 1. The summed E-state index contributed by atoms with van der Waals surface area (Å²) in [7, 11) is 0. The SMILES string of the molecule is CC(=O)O.CCC(CC)NCC1(O)CN(C(=O)c2ccc(F)c(F)c2Nc2ccc(I)cc2F)C1. The Morgan fingerprint density at radius 2 is 1.71 bits per heavy atom. The molecule has 1 aliphatic heterocycles. The van der Waals surface area contributed by atoms with Gasteiger partial charge in [0.1, 0.15) is 11.4 Å². The fraction of sp³-hybridized carbons (Fsp3) is 0.417. The largest absolute Gasteiger partial charge is 0.481 e. The van der Waals surface area contributed by atoms with Gasteiger partial charge < -0.3 is 25.7 Å². The van der Waals surface area contributed by atoms with E-state index in [2.05, 4.69) is 24.5 Å². The minimum atomic E-state index is -1.27. The van der Waals surface area contributed by atoms with Crippen molar-refractivity contribution >= 4 is 45.8 Å². The van der Waals surface area contributed by atoms with E-state index in [0.29, 0.717) is 10.1 Å². The molecule has 192 valence electrons. The summed E-state index contributed by atoms with van der Waals surface area (Å²) in [5.74, 6) is -4.48. The van der Waals surface area contributed by atoms with Crippen LogP contribution in [0.5, 0.6) is 0 Å². The molecule has 1 saturated heterocycles. The Bertz CT molecular complexity index is 1060. The van der Waals surface area contributed by atoms with Crippen LogP contribution in [0, 0.1) is 21.0 Å². The number of nitrogens with one attached hydrogen (secondary N) is 2. The number of likely N-dealkylation sites (tertiary alicyclic amines) is 1. The first-order chi connectivity index (χ1) is 16.4. The van der Waals surface area contributed by atoms with E-state index in [1.807, 2.05) is 22.6 Å². The first kappa shape index (κ1) is 28.9. The van der Waals surface area contributed by atoms with Crippen molar-refractivity contribution in [1.29, 1.82) is 0 Å². The molecule has 11 heteroatoms. The fourth-order valence-electron chi connectivity index (χ4n) is 3.58. The number of halogens is 4. The summed E-state index contributed by atoms with van der Waals surface area (Å²) in [5, 5.41) is 23.8. The van der Waals surface area contributed by atoms with Crippen LogP contribution in [0.3, 0.4) is 0 Å². The molecule has 0 bridgehead atoms. The molecule has 0 unspecified atom stereocenters. The van der Waals surface area contributed by atoms with Crippen LogP contribution in [-0.2, 0) is 4.79 Å². The molecule has 1 fully saturated rings. The lowest BCUT2D eigenvalue weighted by molar-refractivity contribution is -0.134. The highest BCUT2D eigenvalue weighted by Crippen LogP contribution is 2.31. The Kier molecular flexibility index (Phi) is 10.3. The minimum absolute atomic E-state index is 0.0648. The van der Waals surface area contributed by atoms with Crippen LogP contribution < -0.4 is 10.6 Å². The number of anilines is 2. The molecule has 2 aromatic carbocycles. The van der Waals surface area contributed by atoms with E-state index < -0.39 is 40.6 Å². The smallest absolute Gasteiger partial charge is 0.300 e. The van der Waals surface area contributed by atoms with Crippen LogP contribution in [0.4, 0.5) is 24.5 Å². The van der Waals surface area contributed by atoms with Gasteiger partial charge in [-0.3, -0.25) is 9.59 Å². The predicted molar refractivity (Wildman–Crippen MR) is 135 cm³/mol. The van der Waals surface area contributed by atoms with Gasteiger partial charge in [-0.15, -0.1) is 0 Å². The molecular formula is C24H29F3IN3O4. The number of hydrogen-bond donors (Lipinski definition) is 4. The molecule has 4 N–H and O–H groups in total. The van der Waals surface area contributed by atoms with Crippen molar-refractivity contribution in [3.05, 3.63) is 56.9 Å². The Hall–Kier alpha value is -2.38. The zero-order valence-electron chi connectivity index (χ0n) is 19.7. The van der Waals surface area contributed by atoms with Gasteiger partial charge in [0.2, 0.25) is 0 Å². The maximum atomic E-state index is 14.6. The standard InChI is InChI=1S/C22H25F3IN3O2.C2H4O2/c1-3-14(4-2)27-10-22(31)11-29(12-22)21(30)15-6-7-16(23)19(25)20(15)28-18-8-5-13(26)9-17(18)24;1-2(3)4/h5-9,14,27-28,31H,3-4,10-12H2,1-2H3;1H3,(H,3,4). The van der Waals surface area contributed by atoms with Gasteiger partial charge in [0.15, 0.2) is 11.6 Å². The normalized spacial score (nSPS) is 14.1. The number of amides is 1. The number of aliphatic hydroxyl groups is 1. The number of carboxylic acid groups (broad SMARTS) is 1. The molecule has 2 aromatic rings. The molecule has 1 heterocycles. The molecule has 1 amide bonds. The van der Waals surface area contributed by atoms with Crippen LogP contribution in [0.25, 0.3) is 0 Å². The number of carbonyl (C=O) groups is 2. The molecular weight excluding hydrogens is 578 g/mol. The lowest BCUT2D eigenvalue weighted by Gasteiger charge is -2.47. The van der Waals surface area contributed by atoms with E-state index >= 15 is 0 Å². The van der Waals surface area contributed by atoms with Gasteiger partial charge in [0.25, 0.3) is 11.9 Å². The Labute approximate surface area is 215 Å². The number of carbonyl (C=O) groups excluding carboxylic acids is 1. The number of β-amino-alcohol motifs (C(OH)–C–C–N with tert-alkyl or cyclic N) is 1. The average molecular weight is 607 g/mol. The molecule has 1 aliphatic rings. The number of rotatable bonds is 8. The number of aliphatic carboxylic acids is 1. The van der Waals surface area contributed by atoms with Crippen molar-refractivity contribution in [2.75, 3.05) is 25.0 Å². The number of hydrogen-bond acceptors (Lipinski definition) is 5. The first-order valence-corrected chi connectivity index (χ1v) is 12.1.